The van der Waals surface area contributed by atoms with Gasteiger partial charge in [0.2, 0.25) is 5.91 Å². The standard InChI is InChI=1S/C10H14N2O2S/c13-6-5-12-4-3-11-10(14)9(12)8-2-1-7-15-8/h1-2,7,9,13H,3-6H2,(H,11,14). The first-order valence-electron chi connectivity index (χ1n) is 4.99. The average molecular weight is 226 g/mol. The van der Waals surface area contributed by atoms with Crippen molar-refractivity contribution in [1.29, 1.82) is 0 Å². The number of piperazine rings is 1. The molecule has 0 bridgehead atoms. The number of nitrogens with one attached hydrogen (secondary N) is 1. The highest BCUT2D eigenvalue weighted by Gasteiger charge is 2.31. The largest absolute Gasteiger partial charge is 0.395 e. The summed E-state index contributed by atoms with van der Waals surface area (Å²) in [6.07, 6.45) is 0. The highest BCUT2D eigenvalue weighted by molar-refractivity contribution is 7.10. The molecule has 5 heteroatoms. The number of carbonyl (C=O) groups is 1. The zero-order valence-electron chi connectivity index (χ0n) is 8.35. The number of rotatable bonds is 3. The van der Waals surface area contributed by atoms with Crippen LogP contribution in [0.4, 0.5) is 0 Å². The fraction of sp³-hybridized carbons (Fsp3) is 0.500. The predicted molar refractivity (Wildman–Crippen MR) is 58.7 cm³/mol. The molecule has 2 heterocycles. The molecular weight excluding hydrogens is 212 g/mol. The van der Waals surface area contributed by atoms with E-state index in [2.05, 4.69) is 5.32 Å². The first-order chi connectivity index (χ1) is 7.33. The lowest BCUT2D eigenvalue weighted by Crippen LogP contribution is -2.50. The lowest BCUT2D eigenvalue weighted by Gasteiger charge is -2.33. The van der Waals surface area contributed by atoms with Crippen LogP contribution >= 0.6 is 11.3 Å². The molecule has 1 aliphatic heterocycles. The number of carbonyl (C=O) groups excluding carboxylic acids is 1. The Hall–Kier alpha value is -0.910. The van der Waals surface area contributed by atoms with Gasteiger partial charge in [0, 0.05) is 24.5 Å². The van der Waals surface area contributed by atoms with Gasteiger partial charge in [0.1, 0.15) is 6.04 Å². The molecule has 0 saturated carbocycles. The maximum Gasteiger partial charge on any atom is 0.242 e. The summed E-state index contributed by atoms with van der Waals surface area (Å²) in [5.74, 6) is 0.0390. The lowest BCUT2D eigenvalue weighted by atomic mass is 10.1. The number of β-amino-alcohol motifs (C(OH)–C–C–N with tert-alkyl or cyclic N) is 1. The molecule has 1 saturated heterocycles. The van der Waals surface area contributed by atoms with Crippen LogP contribution in [0.1, 0.15) is 10.9 Å². The van der Waals surface area contributed by atoms with Gasteiger partial charge in [-0.2, -0.15) is 0 Å². The van der Waals surface area contributed by atoms with Crippen molar-refractivity contribution in [3.8, 4) is 0 Å². The Morgan fingerprint density at radius 3 is 3.20 bits per heavy atom. The monoisotopic (exact) mass is 226 g/mol. The minimum absolute atomic E-state index is 0.0390. The minimum atomic E-state index is -0.217. The predicted octanol–water partition coefficient (Wildman–Crippen LogP) is 0.213. The van der Waals surface area contributed by atoms with Crippen molar-refractivity contribution >= 4 is 17.2 Å². The summed E-state index contributed by atoms with van der Waals surface area (Å²) in [4.78, 5) is 14.8. The highest BCUT2D eigenvalue weighted by atomic mass is 32.1. The summed E-state index contributed by atoms with van der Waals surface area (Å²) in [6.45, 7) is 2.11. The van der Waals surface area contributed by atoms with Gasteiger partial charge in [-0.3, -0.25) is 9.69 Å². The molecule has 1 unspecified atom stereocenters. The quantitative estimate of drug-likeness (QED) is 0.775. The molecular formula is C10H14N2O2S. The molecule has 1 fully saturated rings. The first-order valence-corrected chi connectivity index (χ1v) is 5.87. The molecule has 0 aromatic carbocycles. The van der Waals surface area contributed by atoms with E-state index in [1.165, 1.54) is 0 Å². The van der Waals surface area contributed by atoms with Gasteiger partial charge >= 0.3 is 0 Å². The Labute approximate surface area is 92.5 Å². The van der Waals surface area contributed by atoms with Gasteiger partial charge in [0.05, 0.1) is 6.61 Å². The van der Waals surface area contributed by atoms with Crippen LogP contribution in [0.3, 0.4) is 0 Å². The number of nitrogens with zero attached hydrogens (tertiary/aromatic N) is 1. The zero-order valence-corrected chi connectivity index (χ0v) is 9.17. The van der Waals surface area contributed by atoms with E-state index in [9.17, 15) is 4.79 Å². The van der Waals surface area contributed by atoms with Crippen molar-refractivity contribution in [1.82, 2.24) is 10.2 Å². The number of hydrogen-bond donors (Lipinski definition) is 2. The molecule has 1 aromatic rings. The number of aliphatic hydroxyl groups is 1. The molecule has 1 aliphatic rings. The molecule has 1 amide bonds. The molecule has 15 heavy (non-hydrogen) atoms. The van der Waals surface area contributed by atoms with Crippen LogP contribution in [-0.4, -0.2) is 42.2 Å². The van der Waals surface area contributed by atoms with Crippen molar-refractivity contribution in [2.45, 2.75) is 6.04 Å². The average Bonchev–Trinajstić information content (AvgIpc) is 2.71. The van der Waals surface area contributed by atoms with Gasteiger partial charge in [0.15, 0.2) is 0 Å². The Morgan fingerprint density at radius 2 is 2.53 bits per heavy atom. The van der Waals surface area contributed by atoms with E-state index >= 15 is 0 Å². The van der Waals surface area contributed by atoms with Crippen LogP contribution in [0, 0.1) is 0 Å². The van der Waals surface area contributed by atoms with Crippen LogP contribution in [0.25, 0.3) is 0 Å². The third-order valence-electron chi connectivity index (χ3n) is 2.51. The van der Waals surface area contributed by atoms with Crippen LogP contribution in [0.5, 0.6) is 0 Å². The number of hydrogen-bond acceptors (Lipinski definition) is 4. The fourth-order valence-corrected chi connectivity index (χ4v) is 2.70. The van der Waals surface area contributed by atoms with Gasteiger partial charge in [0.25, 0.3) is 0 Å². The Balaban J connectivity index is 2.19. The summed E-state index contributed by atoms with van der Waals surface area (Å²) in [5, 5.41) is 13.8. The second kappa shape index (κ2) is 4.74. The molecule has 0 spiro atoms. The third kappa shape index (κ3) is 2.19. The Bertz CT molecular complexity index is 324. The molecule has 2 N–H and O–H groups in total. The smallest absolute Gasteiger partial charge is 0.242 e. The fourth-order valence-electron chi connectivity index (χ4n) is 1.84. The van der Waals surface area contributed by atoms with Crippen molar-refractivity contribution in [3.63, 3.8) is 0 Å². The second-order valence-corrected chi connectivity index (χ2v) is 4.45. The van der Waals surface area contributed by atoms with Crippen LogP contribution < -0.4 is 5.32 Å². The highest BCUT2D eigenvalue weighted by Crippen LogP contribution is 2.26. The Kier molecular flexibility index (Phi) is 3.35. The minimum Gasteiger partial charge on any atom is -0.395 e. The van der Waals surface area contributed by atoms with Crippen molar-refractivity contribution in [3.05, 3.63) is 22.4 Å². The normalized spacial score (nSPS) is 22.7. The number of thiophene rings is 1. The van der Waals surface area contributed by atoms with E-state index in [1.807, 2.05) is 22.4 Å². The molecule has 0 radical (unpaired) electrons. The summed E-state index contributed by atoms with van der Waals surface area (Å²) < 4.78 is 0. The van der Waals surface area contributed by atoms with E-state index < -0.39 is 0 Å². The lowest BCUT2D eigenvalue weighted by molar-refractivity contribution is -0.129. The zero-order chi connectivity index (χ0) is 10.7. The van der Waals surface area contributed by atoms with Gasteiger partial charge in [-0.05, 0) is 11.4 Å². The third-order valence-corrected chi connectivity index (χ3v) is 3.44. The van der Waals surface area contributed by atoms with E-state index in [1.54, 1.807) is 11.3 Å². The summed E-state index contributed by atoms with van der Waals surface area (Å²) >= 11 is 1.58. The van der Waals surface area contributed by atoms with Crippen LogP contribution in [-0.2, 0) is 4.79 Å². The molecule has 1 atom stereocenters. The molecule has 2 rings (SSSR count). The molecule has 0 aliphatic carbocycles. The SMILES string of the molecule is O=C1NCCN(CCO)C1c1cccs1. The maximum absolute atomic E-state index is 11.8. The van der Waals surface area contributed by atoms with Gasteiger partial charge < -0.3 is 10.4 Å². The molecule has 1 aromatic heterocycles. The Morgan fingerprint density at radius 1 is 1.67 bits per heavy atom. The van der Waals surface area contributed by atoms with Gasteiger partial charge in [-0.1, -0.05) is 6.07 Å². The van der Waals surface area contributed by atoms with Crippen molar-refractivity contribution < 1.29 is 9.90 Å². The second-order valence-electron chi connectivity index (χ2n) is 3.47. The summed E-state index contributed by atoms with van der Waals surface area (Å²) in [6, 6.07) is 3.69. The van der Waals surface area contributed by atoms with E-state index in [4.69, 9.17) is 5.11 Å². The van der Waals surface area contributed by atoms with Crippen LogP contribution in [0.2, 0.25) is 0 Å². The van der Waals surface area contributed by atoms with E-state index in [0.717, 1.165) is 11.4 Å². The topological polar surface area (TPSA) is 52.6 Å². The maximum atomic E-state index is 11.8. The summed E-state index contributed by atoms with van der Waals surface area (Å²) in [7, 11) is 0. The summed E-state index contributed by atoms with van der Waals surface area (Å²) in [5.41, 5.74) is 0. The molecule has 82 valence electrons. The van der Waals surface area contributed by atoms with Crippen molar-refractivity contribution in [2.24, 2.45) is 0 Å². The van der Waals surface area contributed by atoms with Crippen LogP contribution in [0.15, 0.2) is 17.5 Å². The van der Waals surface area contributed by atoms with E-state index in [-0.39, 0.29) is 18.6 Å². The number of aliphatic hydroxyl groups excluding tert-OH is 1. The van der Waals surface area contributed by atoms with Gasteiger partial charge in [-0.15, -0.1) is 11.3 Å². The molecule has 4 nitrogen and oxygen atoms in total. The first kappa shape index (κ1) is 10.6. The number of amides is 1. The van der Waals surface area contributed by atoms with Crippen molar-refractivity contribution in [2.75, 3.05) is 26.2 Å². The van der Waals surface area contributed by atoms with Gasteiger partial charge in [-0.25, -0.2) is 0 Å². The van der Waals surface area contributed by atoms with E-state index in [0.29, 0.717) is 13.1 Å².